The van der Waals surface area contributed by atoms with Crippen LogP contribution in [0.5, 0.6) is 0 Å². The van der Waals surface area contributed by atoms with Gasteiger partial charge in [0.1, 0.15) is 5.69 Å². The van der Waals surface area contributed by atoms with E-state index in [0.29, 0.717) is 11.6 Å². The molecule has 100 valence electrons. The van der Waals surface area contributed by atoms with Gasteiger partial charge in [-0.25, -0.2) is 4.98 Å². The van der Waals surface area contributed by atoms with Crippen molar-refractivity contribution in [2.75, 3.05) is 17.2 Å². The first kappa shape index (κ1) is 13.1. The summed E-state index contributed by atoms with van der Waals surface area (Å²) in [7, 11) is 0. The first-order valence-corrected chi connectivity index (χ1v) is 6.06. The number of aryl methyl sites for hydroxylation is 1. The zero-order valence-electron chi connectivity index (χ0n) is 11.2. The second-order valence-electron chi connectivity index (χ2n) is 4.14. The van der Waals surface area contributed by atoms with Crippen LogP contribution < -0.4 is 10.6 Å². The molecule has 1 amide bonds. The van der Waals surface area contributed by atoms with Crippen molar-refractivity contribution in [3.05, 3.63) is 35.3 Å². The van der Waals surface area contributed by atoms with Crippen molar-refractivity contribution in [1.82, 2.24) is 10.1 Å². The number of carbonyl (C=O) groups excluding carboxylic acids is 1. The Balaban J connectivity index is 2.09. The SMILES string of the molecule is CCNc1ccc(C(=O)Nc2onc(C)c2C)nc1. The number of nitrogens with zero attached hydrogens (tertiary/aromatic N) is 2. The van der Waals surface area contributed by atoms with Crippen LogP contribution in [0, 0.1) is 13.8 Å². The van der Waals surface area contributed by atoms with Crippen LogP contribution in [-0.4, -0.2) is 22.6 Å². The molecule has 0 bridgehead atoms. The maximum atomic E-state index is 12.0. The summed E-state index contributed by atoms with van der Waals surface area (Å²) in [6, 6.07) is 3.47. The zero-order valence-corrected chi connectivity index (χ0v) is 11.2. The molecule has 0 spiro atoms. The van der Waals surface area contributed by atoms with Crippen LogP contribution >= 0.6 is 0 Å². The van der Waals surface area contributed by atoms with Gasteiger partial charge in [-0.3, -0.25) is 10.1 Å². The summed E-state index contributed by atoms with van der Waals surface area (Å²) >= 11 is 0. The van der Waals surface area contributed by atoms with E-state index in [4.69, 9.17) is 4.52 Å². The van der Waals surface area contributed by atoms with Gasteiger partial charge in [0.2, 0.25) is 5.88 Å². The number of hydrogen-bond acceptors (Lipinski definition) is 5. The Kier molecular flexibility index (Phi) is 3.79. The van der Waals surface area contributed by atoms with Crippen molar-refractivity contribution in [2.45, 2.75) is 20.8 Å². The molecule has 0 unspecified atom stereocenters. The molecule has 6 heteroatoms. The van der Waals surface area contributed by atoms with E-state index in [0.717, 1.165) is 23.5 Å². The molecule has 0 fully saturated rings. The second-order valence-corrected chi connectivity index (χ2v) is 4.14. The first-order valence-electron chi connectivity index (χ1n) is 6.06. The Labute approximate surface area is 111 Å². The largest absolute Gasteiger partial charge is 0.384 e. The van der Waals surface area contributed by atoms with E-state index in [1.807, 2.05) is 26.8 Å². The van der Waals surface area contributed by atoms with E-state index in [1.54, 1.807) is 12.3 Å². The highest BCUT2D eigenvalue weighted by Crippen LogP contribution is 2.18. The quantitative estimate of drug-likeness (QED) is 0.882. The highest BCUT2D eigenvalue weighted by atomic mass is 16.5. The first-order chi connectivity index (χ1) is 9.11. The molecule has 6 nitrogen and oxygen atoms in total. The van der Waals surface area contributed by atoms with Gasteiger partial charge in [0.05, 0.1) is 17.6 Å². The van der Waals surface area contributed by atoms with Crippen molar-refractivity contribution < 1.29 is 9.32 Å². The Morgan fingerprint density at radius 2 is 2.16 bits per heavy atom. The number of pyridine rings is 1. The minimum absolute atomic E-state index is 0.317. The fourth-order valence-corrected chi connectivity index (χ4v) is 1.54. The summed E-state index contributed by atoms with van der Waals surface area (Å²) in [5.74, 6) is 0.0439. The summed E-state index contributed by atoms with van der Waals surface area (Å²) < 4.78 is 5.03. The monoisotopic (exact) mass is 260 g/mol. The van der Waals surface area contributed by atoms with E-state index in [1.165, 1.54) is 0 Å². The molecule has 19 heavy (non-hydrogen) atoms. The van der Waals surface area contributed by atoms with Crippen LogP contribution in [0.1, 0.15) is 28.7 Å². The lowest BCUT2D eigenvalue weighted by atomic mass is 10.2. The van der Waals surface area contributed by atoms with Crippen molar-refractivity contribution in [2.24, 2.45) is 0 Å². The molecule has 0 atom stereocenters. The fraction of sp³-hybridized carbons (Fsp3) is 0.308. The maximum Gasteiger partial charge on any atom is 0.276 e. The molecule has 2 aromatic heterocycles. The third kappa shape index (κ3) is 2.90. The standard InChI is InChI=1S/C13H16N4O2/c1-4-14-10-5-6-11(15-7-10)12(18)16-13-8(2)9(3)17-19-13/h5-7,14H,4H2,1-3H3,(H,16,18). The molecule has 0 saturated heterocycles. The lowest BCUT2D eigenvalue weighted by Gasteiger charge is -2.04. The minimum Gasteiger partial charge on any atom is -0.384 e. The van der Waals surface area contributed by atoms with Gasteiger partial charge in [-0.15, -0.1) is 0 Å². The van der Waals surface area contributed by atoms with Crippen LogP contribution in [-0.2, 0) is 0 Å². The Morgan fingerprint density at radius 3 is 2.68 bits per heavy atom. The van der Waals surface area contributed by atoms with Crippen LogP contribution in [0.3, 0.4) is 0 Å². The normalized spacial score (nSPS) is 10.3. The summed E-state index contributed by atoms with van der Waals surface area (Å²) in [6.07, 6.45) is 1.62. The predicted octanol–water partition coefficient (Wildman–Crippen LogP) is 2.37. The van der Waals surface area contributed by atoms with E-state index >= 15 is 0 Å². The molecule has 2 N–H and O–H groups in total. The Hall–Kier alpha value is -2.37. The number of rotatable bonds is 4. The Bertz CT molecular complexity index is 575. The number of hydrogen-bond donors (Lipinski definition) is 2. The van der Waals surface area contributed by atoms with Crippen molar-refractivity contribution >= 4 is 17.5 Å². The molecule has 0 aliphatic heterocycles. The fourth-order valence-electron chi connectivity index (χ4n) is 1.54. The molecular formula is C13H16N4O2. The van der Waals surface area contributed by atoms with Crippen molar-refractivity contribution in [3.63, 3.8) is 0 Å². The lowest BCUT2D eigenvalue weighted by molar-refractivity contribution is 0.101. The summed E-state index contributed by atoms with van der Waals surface area (Å²) in [5.41, 5.74) is 2.78. The molecule has 0 aliphatic rings. The molecule has 0 aliphatic carbocycles. The van der Waals surface area contributed by atoms with Gasteiger partial charge in [-0.05, 0) is 32.9 Å². The van der Waals surface area contributed by atoms with Gasteiger partial charge >= 0.3 is 0 Å². The number of nitrogens with one attached hydrogen (secondary N) is 2. The highest BCUT2D eigenvalue weighted by Gasteiger charge is 2.14. The molecular weight excluding hydrogens is 244 g/mol. The van der Waals surface area contributed by atoms with Crippen LogP contribution in [0.2, 0.25) is 0 Å². The average molecular weight is 260 g/mol. The van der Waals surface area contributed by atoms with Gasteiger partial charge in [-0.2, -0.15) is 0 Å². The number of amides is 1. The summed E-state index contributed by atoms with van der Waals surface area (Å²) in [4.78, 5) is 16.1. The van der Waals surface area contributed by atoms with Crippen LogP contribution in [0.4, 0.5) is 11.6 Å². The van der Waals surface area contributed by atoms with Crippen LogP contribution in [0.25, 0.3) is 0 Å². The summed E-state index contributed by atoms with van der Waals surface area (Å²) in [5, 5.41) is 9.54. The topological polar surface area (TPSA) is 80.0 Å². The number of aromatic nitrogens is 2. The molecule has 0 saturated carbocycles. The molecule has 2 rings (SSSR count). The van der Waals surface area contributed by atoms with Gasteiger partial charge in [0.15, 0.2) is 0 Å². The van der Waals surface area contributed by atoms with E-state index < -0.39 is 0 Å². The number of carbonyl (C=O) groups is 1. The summed E-state index contributed by atoms with van der Waals surface area (Å²) in [6.45, 7) is 6.46. The van der Waals surface area contributed by atoms with Gasteiger partial charge < -0.3 is 9.84 Å². The van der Waals surface area contributed by atoms with Gasteiger partial charge in [0.25, 0.3) is 5.91 Å². The second kappa shape index (κ2) is 5.51. The Morgan fingerprint density at radius 1 is 1.37 bits per heavy atom. The van der Waals surface area contributed by atoms with Crippen LogP contribution in [0.15, 0.2) is 22.9 Å². The van der Waals surface area contributed by atoms with E-state index in [-0.39, 0.29) is 5.91 Å². The molecule has 2 aromatic rings. The van der Waals surface area contributed by atoms with Gasteiger partial charge in [-0.1, -0.05) is 5.16 Å². The van der Waals surface area contributed by atoms with Crippen molar-refractivity contribution in [1.29, 1.82) is 0 Å². The molecule has 0 radical (unpaired) electrons. The number of anilines is 2. The molecule has 0 aromatic carbocycles. The zero-order chi connectivity index (χ0) is 13.8. The van der Waals surface area contributed by atoms with E-state index in [9.17, 15) is 4.79 Å². The highest BCUT2D eigenvalue weighted by molar-refractivity contribution is 6.02. The minimum atomic E-state index is -0.317. The maximum absolute atomic E-state index is 12.0. The van der Waals surface area contributed by atoms with Gasteiger partial charge in [0, 0.05) is 12.1 Å². The third-order valence-electron chi connectivity index (χ3n) is 2.76. The van der Waals surface area contributed by atoms with E-state index in [2.05, 4.69) is 20.8 Å². The lowest BCUT2D eigenvalue weighted by Crippen LogP contribution is -2.14. The third-order valence-corrected chi connectivity index (χ3v) is 2.76. The molecule has 2 heterocycles. The predicted molar refractivity (Wildman–Crippen MR) is 72.3 cm³/mol. The smallest absolute Gasteiger partial charge is 0.276 e. The van der Waals surface area contributed by atoms with Crippen molar-refractivity contribution in [3.8, 4) is 0 Å². The average Bonchev–Trinajstić information content (AvgIpc) is 2.72.